The first-order chi connectivity index (χ1) is 16.6. The summed E-state index contributed by atoms with van der Waals surface area (Å²) in [4.78, 5) is 15.8. The summed E-state index contributed by atoms with van der Waals surface area (Å²) in [5.41, 5.74) is 3.12. The van der Waals surface area contributed by atoms with Crippen LogP contribution in [-0.4, -0.2) is 30.3 Å². The zero-order valence-electron chi connectivity index (χ0n) is 18.6. The van der Waals surface area contributed by atoms with Crippen LogP contribution in [0.4, 0.5) is 5.69 Å². The van der Waals surface area contributed by atoms with Gasteiger partial charge >= 0.3 is 5.72 Å². The number of methoxy groups -OCH3 is 1. The van der Waals surface area contributed by atoms with E-state index in [9.17, 15) is 4.79 Å². The number of hydrazone groups is 1. The number of amides is 1. The third-order valence-corrected chi connectivity index (χ3v) is 7.14. The summed E-state index contributed by atoms with van der Waals surface area (Å²) in [7, 11) is 1.65. The molecule has 0 unspecified atom stereocenters. The van der Waals surface area contributed by atoms with Gasteiger partial charge in [-0.2, -0.15) is 5.10 Å². The summed E-state index contributed by atoms with van der Waals surface area (Å²) in [5, 5.41) is 6.91. The van der Waals surface area contributed by atoms with Crippen molar-refractivity contribution in [2.75, 3.05) is 18.6 Å². The average Bonchev–Trinajstić information content (AvgIpc) is 3.41. The molecule has 6 rings (SSSR count). The van der Waals surface area contributed by atoms with E-state index in [1.807, 2.05) is 65.7 Å². The Morgan fingerprint density at radius 3 is 2.76 bits per heavy atom. The number of ether oxygens (including phenoxy) is 2. The Hall–Kier alpha value is -3.58. The number of carbonyl (C=O) groups is 1. The Bertz CT molecular complexity index is 1350. The molecule has 1 amide bonds. The fraction of sp³-hybridized carbons (Fsp3) is 0.185. The Kier molecular flexibility index (Phi) is 4.78. The lowest BCUT2D eigenvalue weighted by Crippen LogP contribution is -2.57. The van der Waals surface area contributed by atoms with E-state index < -0.39 is 5.72 Å². The molecule has 0 aliphatic carbocycles. The summed E-state index contributed by atoms with van der Waals surface area (Å²) in [6, 6.07) is 21.4. The molecule has 2 atom stereocenters. The van der Waals surface area contributed by atoms with Gasteiger partial charge in [-0.3, -0.25) is 4.79 Å². The number of nitrogens with zero attached hydrogens (tertiary/aromatic N) is 3. The Morgan fingerprint density at radius 2 is 2.00 bits per heavy atom. The highest BCUT2D eigenvalue weighted by molar-refractivity contribution is 9.10. The van der Waals surface area contributed by atoms with Gasteiger partial charge in [-0.15, -0.1) is 6.58 Å². The largest absolute Gasteiger partial charge is 0.497 e. The molecular formula is C27H22BrN3O3. The van der Waals surface area contributed by atoms with Crippen LogP contribution in [0.1, 0.15) is 29.2 Å². The number of hydrogen-bond donors (Lipinski definition) is 0. The van der Waals surface area contributed by atoms with Gasteiger partial charge < -0.3 is 14.4 Å². The summed E-state index contributed by atoms with van der Waals surface area (Å²) < 4.78 is 12.9. The van der Waals surface area contributed by atoms with Crippen molar-refractivity contribution in [3.05, 3.63) is 101 Å². The van der Waals surface area contributed by atoms with Gasteiger partial charge in [-0.05, 0) is 54.1 Å². The van der Waals surface area contributed by atoms with Crippen LogP contribution in [0.15, 0.2) is 89.0 Å². The van der Waals surface area contributed by atoms with Gasteiger partial charge in [0.2, 0.25) is 0 Å². The average molecular weight is 516 g/mol. The highest BCUT2D eigenvalue weighted by atomic mass is 79.9. The van der Waals surface area contributed by atoms with Crippen LogP contribution < -0.4 is 14.4 Å². The number of rotatable bonds is 4. The van der Waals surface area contributed by atoms with Gasteiger partial charge in [-0.25, -0.2) is 5.01 Å². The lowest BCUT2D eigenvalue weighted by atomic mass is 9.92. The number of halogens is 1. The van der Waals surface area contributed by atoms with E-state index in [1.165, 1.54) is 0 Å². The maximum atomic E-state index is 14.1. The van der Waals surface area contributed by atoms with Crippen LogP contribution in [0.2, 0.25) is 0 Å². The van der Waals surface area contributed by atoms with E-state index in [-0.39, 0.29) is 11.9 Å². The SMILES string of the molecule is C=CCN1C(=O)[C@]2(Oc3ccc(Br)cc3[C@@H]3CC(c4ccc(OC)cc4)=NN32)c2ccccc21. The molecule has 3 aromatic carbocycles. The molecule has 0 radical (unpaired) electrons. The standard InChI is InChI=1S/C27H22BrN3O3/c1-3-14-30-23-7-5-4-6-21(23)27(26(30)32)31-24(20-15-18(28)10-13-25(20)34-27)16-22(29-31)17-8-11-19(33-2)12-9-17/h3-13,15,24H,1,14,16H2,2H3/t24-,27+/m0/s1. The topological polar surface area (TPSA) is 54.4 Å². The highest BCUT2D eigenvalue weighted by Gasteiger charge is 2.63. The number of anilines is 1. The van der Waals surface area contributed by atoms with E-state index >= 15 is 0 Å². The van der Waals surface area contributed by atoms with Crippen molar-refractivity contribution in [2.45, 2.75) is 18.2 Å². The normalized spacial score (nSPS) is 22.1. The Labute approximate surface area is 206 Å². The van der Waals surface area contributed by atoms with Crippen molar-refractivity contribution < 1.29 is 14.3 Å². The number of hydrogen-bond acceptors (Lipinski definition) is 5. The molecule has 7 heteroatoms. The predicted octanol–water partition coefficient (Wildman–Crippen LogP) is 5.39. The molecule has 3 aliphatic heterocycles. The molecular weight excluding hydrogens is 494 g/mol. The number of benzene rings is 3. The van der Waals surface area contributed by atoms with E-state index in [2.05, 4.69) is 28.6 Å². The first-order valence-corrected chi connectivity index (χ1v) is 11.9. The Balaban J connectivity index is 1.55. The van der Waals surface area contributed by atoms with Crippen molar-refractivity contribution in [1.29, 1.82) is 0 Å². The number of para-hydroxylation sites is 1. The lowest BCUT2D eigenvalue weighted by molar-refractivity contribution is -0.163. The van der Waals surface area contributed by atoms with Crippen molar-refractivity contribution in [3.8, 4) is 11.5 Å². The van der Waals surface area contributed by atoms with Gasteiger partial charge in [0.15, 0.2) is 0 Å². The molecule has 0 aromatic heterocycles. The van der Waals surface area contributed by atoms with Gasteiger partial charge in [0, 0.05) is 23.0 Å². The lowest BCUT2D eigenvalue weighted by Gasteiger charge is -2.44. The molecule has 34 heavy (non-hydrogen) atoms. The fourth-order valence-electron chi connectivity index (χ4n) is 5.11. The molecule has 0 bridgehead atoms. The van der Waals surface area contributed by atoms with Gasteiger partial charge in [0.1, 0.15) is 11.5 Å². The smallest absolute Gasteiger partial charge is 0.306 e. The molecule has 6 nitrogen and oxygen atoms in total. The molecule has 1 spiro atoms. The second kappa shape index (κ2) is 7.74. The summed E-state index contributed by atoms with van der Waals surface area (Å²) in [5.74, 6) is 1.32. The third kappa shape index (κ3) is 2.86. The van der Waals surface area contributed by atoms with Crippen molar-refractivity contribution in [2.24, 2.45) is 5.10 Å². The molecule has 170 valence electrons. The van der Waals surface area contributed by atoms with Crippen LogP contribution in [-0.2, 0) is 10.5 Å². The molecule has 3 aromatic rings. The van der Waals surface area contributed by atoms with E-state index in [1.54, 1.807) is 18.1 Å². The van der Waals surface area contributed by atoms with Gasteiger partial charge in [0.05, 0.1) is 30.1 Å². The summed E-state index contributed by atoms with van der Waals surface area (Å²) >= 11 is 3.59. The maximum Gasteiger partial charge on any atom is 0.306 e. The highest BCUT2D eigenvalue weighted by Crippen LogP contribution is 2.55. The van der Waals surface area contributed by atoms with Crippen molar-refractivity contribution in [1.82, 2.24) is 5.01 Å². The second-order valence-electron chi connectivity index (χ2n) is 8.49. The maximum absolute atomic E-state index is 14.1. The number of fused-ring (bicyclic) bond motifs is 6. The minimum atomic E-state index is -1.38. The first-order valence-electron chi connectivity index (χ1n) is 11.1. The van der Waals surface area contributed by atoms with Crippen LogP contribution in [0.5, 0.6) is 11.5 Å². The first kappa shape index (κ1) is 21.0. The Morgan fingerprint density at radius 1 is 1.21 bits per heavy atom. The molecule has 3 aliphatic rings. The minimum absolute atomic E-state index is 0.154. The van der Waals surface area contributed by atoms with E-state index in [0.29, 0.717) is 18.7 Å². The monoisotopic (exact) mass is 515 g/mol. The second-order valence-corrected chi connectivity index (χ2v) is 9.41. The van der Waals surface area contributed by atoms with Crippen LogP contribution in [0.25, 0.3) is 0 Å². The van der Waals surface area contributed by atoms with E-state index in [4.69, 9.17) is 14.6 Å². The third-order valence-electron chi connectivity index (χ3n) is 6.65. The van der Waals surface area contributed by atoms with E-state index in [0.717, 1.165) is 38.3 Å². The molecule has 3 heterocycles. The van der Waals surface area contributed by atoms with Crippen molar-refractivity contribution >= 4 is 33.2 Å². The van der Waals surface area contributed by atoms with Crippen LogP contribution >= 0.6 is 15.9 Å². The quantitative estimate of drug-likeness (QED) is 0.437. The summed E-state index contributed by atoms with van der Waals surface area (Å²) in [6.07, 6.45) is 2.38. The van der Waals surface area contributed by atoms with Crippen LogP contribution in [0.3, 0.4) is 0 Å². The summed E-state index contributed by atoms with van der Waals surface area (Å²) in [6.45, 7) is 4.24. The van der Waals surface area contributed by atoms with Crippen molar-refractivity contribution in [3.63, 3.8) is 0 Å². The van der Waals surface area contributed by atoms with Gasteiger partial charge in [-0.1, -0.05) is 40.2 Å². The predicted molar refractivity (Wildman–Crippen MR) is 134 cm³/mol. The molecule has 0 fully saturated rings. The van der Waals surface area contributed by atoms with Crippen LogP contribution in [0, 0.1) is 0 Å². The molecule has 0 N–H and O–H groups in total. The minimum Gasteiger partial charge on any atom is -0.497 e. The zero-order chi connectivity index (χ0) is 23.4. The number of carbonyl (C=O) groups excluding carboxylic acids is 1. The van der Waals surface area contributed by atoms with Gasteiger partial charge in [0.25, 0.3) is 5.91 Å². The fourth-order valence-corrected chi connectivity index (χ4v) is 5.49. The molecule has 0 saturated heterocycles. The zero-order valence-corrected chi connectivity index (χ0v) is 20.2. The molecule has 0 saturated carbocycles.